The first-order chi connectivity index (χ1) is 3.68. The van der Waals surface area contributed by atoms with E-state index in [4.69, 9.17) is 11.0 Å². The molecule has 0 unspecified atom stereocenters. The highest BCUT2D eigenvalue weighted by Crippen LogP contribution is 1.46. The molecule has 0 fully saturated rings. The number of amides is 1. The maximum Gasteiger partial charge on any atom is 0.231 e. The number of carbonyl (C=O) groups is 1. The Kier molecular flexibility index (Phi) is 12.3. The number of thiol groups is 1. The first-order valence-corrected chi connectivity index (χ1v) is 2.15. The summed E-state index contributed by atoms with van der Waals surface area (Å²) in [5, 5.41) is 8.63. The number of nitrogens with zero attached hydrogens (tertiary/aromatic N) is 1. The molecular weight excluding hydrogens is 126 g/mol. The number of nitrogens with two attached hydrogens (primary N) is 2. The van der Waals surface area contributed by atoms with E-state index in [2.05, 4.69) is 18.4 Å². The molecule has 0 atom stereocenters. The van der Waals surface area contributed by atoms with Crippen molar-refractivity contribution in [2.24, 2.45) is 11.5 Å². The fourth-order valence-corrected chi connectivity index (χ4v) is 0. The lowest BCUT2D eigenvalue weighted by molar-refractivity contribution is -0.116. The Balaban J connectivity index is 0. The average Bonchev–Trinajstić information content (AvgIpc) is 1.69. The van der Waals surface area contributed by atoms with Gasteiger partial charge in [0.05, 0.1) is 6.54 Å². The summed E-state index contributed by atoms with van der Waals surface area (Å²) in [7, 11) is 0. The normalized spacial score (nSPS) is 5.62. The Hall–Kier alpha value is -0.730. The minimum absolute atomic E-state index is 0.0556. The lowest BCUT2D eigenvalue weighted by Crippen LogP contribution is -2.21. The van der Waals surface area contributed by atoms with Crippen LogP contribution in [0.4, 0.5) is 0 Å². The van der Waals surface area contributed by atoms with E-state index in [-0.39, 0.29) is 6.54 Å². The first kappa shape index (κ1) is 10.3. The third kappa shape index (κ3) is 59.6. The first-order valence-electron chi connectivity index (χ1n) is 1.70. The van der Waals surface area contributed by atoms with Gasteiger partial charge in [0.15, 0.2) is 0 Å². The molecule has 0 aromatic carbocycles. The lowest BCUT2D eigenvalue weighted by Gasteiger charge is -1.74. The molecule has 0 aliphatic rings. The van der Waals surface area contributed by atoms with Crippen LogP contribution in [0.1, 0.15) is 0 Å². The van der Waals surface area contributed by atoms with Crippen LogP contribution in [0, 0.1) is 10.7 Å². The highest BCUT2D eigenvalue weighted by atomic mass is 32.1. The maximum absolute atomic E-state index is 9.47. The molecule has 0 saturated carbocycles. The molecule has 46 valence electrons. The maximum atomic E-state index is 9.47. The molecule has 0 rings (SSSR count). The summed E-state index contributed by atoms with van der Waals surface area (Å²) in [5.74, 6) is -0.468. The second-order valence-electron chi connectivity index (χ2n) is 0.770. The molecule has 0 aliphatic carbocycles. The number of hydrogen-bond donors (Lipinski definition) is 3. The monoisotopic (exact) mass is 133 g/mol. The van der Waals surface area contributed by atoms with E-state index < -0.39 is 5.91 Å². The van der Waals surface area contributed by atoms with Crippen LogP contribution < -0.4 is 11.5 Å². The summed E-state index contributed by atoms with van der Waals surface area (Å²) < 4.78 is 0. The van der Waals surface area contributed by atoms with Gasteiger partial charge in [-0.25, -0.2) is 0 Å². The van der Waals surface area contributed by atoms with Crippen LogP contribution in [-0.4, -0.2) is 12.5 Å². The molecule has 0 spiro atoms. The van der Waals surface area contributed by atoms with E-state index in [0.29, 0.717) is 0 Å². The van der Waals surface area contributed by atoms with Crippen molar-refractivity contribution in [3.8, 4) is 5.40 Å². The third-order valence-corrected chi connectivity index (χ3v) is 0.201. The van der Waals surface area contributed by atoms with Gasteiger partial charge >= 0.3 is 0 Å². The summed E-state index contributed by atoms with van der Waals surface area (Å²) in [4.78, 5) is 9.47. The number of thiocyanates is 1. The van der Waals surface area contributed by atoms with Gasteiger partial charge in [-0.3, -0.25) is 4.79 Å². The zero-order chi connectivity index (χ0) is 6.99. The molecule has 4 nitrogen and oxygen atoms in total. The van der Waals surface area contributed by atoms with Gasteiger partial charge in [-0.05, 0) is 0 Å². The van der Waals surface area contributed by atoms with Crippen molar-refractivity contribution in [1.82, 2.24) is 0 Å². The van der Waals surface area contributed by atoms with Gasteiger partial charge in [-0.2, -0.15) is 5.26 Å². The average molecular weight is 133 g/mol. The van der Waals surface area contributed by atoms with Crippen molar-refractivity contribution in [1.29, 1.82) is 5.26 Å². The number of hydrogen-bond acceptors (Lipinski definition) is 4. The van der Waals surface area contributed by atoms with Crippen LogP contribution in [0.25, 0.3) is 0 Å². The Morgan fingerprint density at radius 2 is 2.00 bits per heavy atom. The Morgan fingerprint density at radius 3 is 2.00 bits per heavy atom. The summed E-state index contributed by atoms with van der Waals surface area (Å²) in [5.41, 5.74) is 9.22. The molecule has 0 aromatic heterocycles. The molecule has 0 bridgehead atoms. The number of carbonyl (C=O) groups excluding carboxylic acids is 1. The molecule has 0 aromatic rings. The summed E-state index contributed by atoms with van der Waals surface area (Å²) >= 11 is 3.09. The molecule has 0 saturated heterocycles. The number of nitriles is 1. The van der Waals surface area contributed by atoms with E-state index in [1.54, 1.807) is 0 Å². The van der Waals surface area contributed by atoms with Crippen LogP contribution in [0.2, 0.25) is 0 Å². The van der Waals surface area contributed by atoms with Crippen LogP contribution in [0.15, 0.2) is 0 Å². The second kappa shape index (κ2) is 9.55. The third-order valence-electron chi connectivity index (χ3n) is 0.201. The van der Waals surface area contributed by atoms with E-state index >= 15 is 0 Å². The van der Waals surface area contributed by atoms with Crippen LogP contribution in [0.5, 0.6) is 0 Å². The van der Waals surface area contributed by atoms with Crippen molar-refractivity contribution in [3.63, 3.8) is 0 Å². The topological polar surface area (TPSA) is 92.9 Å². The fraction of sp³-hybridized carbons (Fsp3) is 0.333. The predicted octanol–water partition coefficient (Wildman–Crippen LogP) is -1.17. The zero-order valence-electron chi connectivity index (χ0n) is 4.16. The van der Waals surface area contributed by atoms with Crippen LogP contribution in [-0.2, 0) is 4.79 Å². The zero-order valence-corrected chi connectivity index (χ0v) is 5.06. The van der Waals surface area contributed by atoms with Gasteiger partial charge < -0.3 is 11.5 Å². The van der Waals surface area contributed by atoms with Crippen molar-refractivity contribution >= 4 is 18.5 Å². The molecular formula is C3H7N3OS. The van der Waals surface area contributed by atoms with Crippen molar-refractivity contribution < 1.29 is 4.79 Å². The summed E-state index contributed by atoms with van der Waals surface area (Å²) in [6.07, 6.45) is 0. The Morgan fingerprint density at radius 1 is 1.88 bits per heavy atom. The van der Waals surface area contributed by atoms with E-state index in [1.165, 1.54) is 5.40 Å². The smallest absolute Gasteiger partial charge is 0.231 e. The van der Waals surface area contributed by atoms with Gasteiger partial charge in [0.1, 0.15) is 5.40 Å². The van der Waals surface area contributed by atoms with Crippen LogP contribution in [0.3, 0.4) is 0 Å². The van der Waals surface area contributed by atoms with E-state index in [9.17, 15) is 4.79 Å². The van der Waals surface area contributed by atoms with Crippen molar-refractivity contribution in [2.45, 2.75) is 0 Å². The Labute approximate surface area is 52.9 Å². The number of primary amides is 1. The summed E-state index contributed by atoms with van der Waals surface area (Å²) in [6, 6.07) is 0. The molecule has 5 heteroatoms. The minimum Gasteiger partial charge on any atom is -0.369 e. The highest BCUT2D eigenvalue weighted by Gasteiger charge is 1.77. The van der Waals surface area contributed by atoms with Crippen molar-refractivity contribution in [2.75, 3.05) is 6.54 Å². The number of rotatable bonds is 1. The van der Waals surface area contributed by atoms with Crippen LogP contribution >= 0.6 is 12.6 Å². The van der Waals surface area contributed by atoms with Gasteiger partial charge in [0, 0.05) is 0 Å². The highest BCUT2D eigenvalue weighted by molar-refractivity contribution is 7.85. The lowest BCUT2D eigenvalue weighted by atomic mass is 10.7. The van der Waals surface area contributed by atoms with Gasteiger partial charge in [-0.15, -0.1) is 0 Å². The molecule has 1 amide bonds. The quantitative estimate of drug-likeness (QED) is 0.311. The standard InChI is InChI=1S/C2H6N2O.CHNS/c3-1-2(4)5;2-1-3/h1,3H2,(H2,4,5);3H. The van der Waals surface area contributed by atoms with Crippen molar-refractivity contribution in [3.05, 3.63) is 0 Å². The van der Waals surface area contributed by atoms with Gasteiger partial charge in [0.2, 0.25) is 5.91 Å². The molecule has 0 radical (unpaired) electrons. The summed E-state index contributed by atoms with van der Waals surface area (Å²) in [6.45, 7) is -0.0556. The SMILES string of the molecule is N#CS.NCC(N)=O. The molecule has 8 heavy (non-hydrogen) atoms. The van der Waals surface area contributed by atoms with E-state index in [1.807, 2.05) is 0 Å². The second-order valence-corrected chi connectivity index (χ2v) is 0.970. The largest absolute Gasteiger partial charge is 0.369 e. The van der Waals surface area contributed by atoms with Gasteiger partial charge in [-0.1, -0.05) is 12.6 Å². The van der Waals surface area contributed by atoms with Gasteiger partial charge in [0.25, 0.3) is 0 Å². The molecule has 0 aliphatic heterocycles. The Bertz CT molecular complexity index is 97.2. The molecule has 4 N–H and O–H groups in total. The minimum atomic E-state index is -0.468. The predicted molar refractivity (Wildman–Crippen MR) is 32.8 cm³/mol. The van der Waals surface area contributed by atoms with E-state index in [0.717, 1.165) is 0 Å². The molecule has 0 heterocycles. The fourth-order valence-electron chi connectivity index (χ4n) is 0.